The van der Waals surface area contributed by atoms with Gasteiger partial charge in [-0.05, 0) is 42.7 Å². The van der Waals surface area contributed by atoms with Gasteiger partial charge in [-0.2, -0.15) is 0 Å². The van der Waals surface area contributed by atoms with Crippen LogP contribution in [-0.4, -0.2) is 32.5 Å². The lowest BCUT2D eigenvalue weighted by Gasteiger charge is -2.18. The molecule has 0 saturated carbocycles. The number of benzene rings is 2. The van der Waals surface area contributed by atoms with Crippen molar-refractivity contribution in [3.63, 3.8) is 0 Å². The van der Waals surface area contributed by atoms with Crippen LogP contribution in [0.1, 0.15) is 18.4 Å². The summed E-state index contributed by atoms with van der Waals surface area (Å²) in [6, 6.07) is 11.7. The zero-order valence-electron chi connectivity index (χ0n) is 16.0. The normalized spacial score (nSPS) is 13.7. The number of aromatic nitrogens is 1. The molecule has 0 radical (unpaired) electrons. The molecule has 2 heterocycles. The minimum absolute atomic E-state index is 0.0911. The third-order valence-electron chi connectivity index (χ3n) is 4.81. The van der Waals surface area contributed by atoms with Gasteiger partial charge in [0.25, 0.3) is 0 Å². The van der Waals surface area contributed by atoms with Gasteiger partial charge >= 0.3 is 0 Å². The molecule has 1 aliphatic heterocycles. The second kappa shape index (κ2) is 8.37. The number of hydrogen-bond acceptors (Lipinski definition) is 5. The second-order valence-corrected chi connectivity index (χ2v) is 8.65. The number of pyridine rings is 1. The van der Waals surface area contributed by atoms with E-state index in [0.717, 1.165) is 17.0 Å². The van der Waals surface area contributed by atoms with Crippen molar-refractivity contribution in [3.8, 4) is 5.75 Å². The van der Waals surface area contributed by atoms with E-state index in [0.29, 0.717) is 29.8 Å². The van der Waals surface area contributed by atoms with Gasteiger partial charge in [-0.1, -0.05) is 18.2 Å². The van der Waals surface area contributed by atoms with Crippen molar-refractivity contribution < 1.29 is 22.3 Å². The van der Waals surface area contributed by atoms with Crippen molar-refractivity contribution in [1.82, 2.24) is 9.71 Å². The lowest BCUT2D eigenvalue weighted by molar-refractivity contribution is -0.116. The van der Waals surface area contributed by atoms with Crippen molar-refractivity contribution in [2.75, 3.05) is 18.5 Å². The number of aryl methyl sites for hydroxylation is 1. The van der Waals surface area contributed by atoms with Crippen molar-refractivity contribution in [3.05, 3.63) is 60.0 Å². The summed E-state index contributed by atoms with van der Waals surface area (Å²) in [6.45, 7) is 0.366. The smallest absolute Gasteiger partial charge is 0.243 e. The summed E-state index contributed by atoms with van der Waals surface area (Å²) in [7, 11) is -4.02. The van der Waals surface area contributed by atoms with Crippen LogP contribution in [0.2, 0.25) is 0 Å². The van der Waals surface area contributed by atoms with Gasteiger partial charge < -0.3 is 10.1 Å². The lowest BCUT2D eigenvalue weighted by Crippen LogP contribution is -2.27. The third kappa shape index (κ3) is 4.27. The number of sulfonamides is 1. The summed E-state index contributed by atoms with van der Waals surface area (Å²) in [6.07, 6.45) is 2.69. The molecule has 9 heteroatoms. The van der Waals surface area contributed by atoms with Gasteiger partial charge in [-0.3, -0.25) is 9.78 Å². The third-order valence-corrected chi connectivity index (χ3v) is 6.29. The number of carbonyl (C=O) groups is 1. The Morgan fingerprint density at radius 2 is 2.00 bits per heavy atom. The number of anilines is 1. The van der Waals surface area contributed by atoms with E-state index in [9.17, 15) is 17.6 Å². The Morgan fingerprint density at radius 3 is 2.87 bits per heavy atom. The number of amides is 1. The minimum Gasteiger partial charge on any atom is -0.491 e. The Bertz CT molecular complexity index is 1210. The van der Waals surface area contributed by atoms with Crippen molar-refractivity contribution in [2.24, 2.45) is 0 Å². The lowest BCUT2D eigenvalue weighted by atomic mass is 10.0. The zero-order chi connectivity index (χ0) is 21.1. The Morgan fingerprint density at radius 1 is 1.17 bits per heavy atom. The molecule has 0 spiro atoms. The molecule has 2 N–H and O–H groups in total. The number of nitrogens with zero attached hydrogens (tertiary/aromatic N) is 1. The van der Waals surface area contributed by atoms with Crippen LogP contribution >= 0.6 is 0 Å². The maximum Gasteiger partial charge on any atom is 0.243 e. The van der Waals surface area contributed by atoms with Gasteiger partial charge in [-0.25, -0.2) is 17.5 Å². The predicted molar refractivity (Wildman–Crippen MR) is 110 cm³/mol. The van der Waals surface area contributed by atoms with Crippen LogP contribution < -0.4 is 14.8 Å². The molecule has 1 amide bonds. The number of halogens is 1. The first-order valence-electron chi connectivity index (χ1n) is 9.52. The summed E-state index contributed by atoms with van der Waals surface area (Å²) >= 11 is 0. The summed E-state index contributed by atoms with van der Waals surface area (Å²) in [4.78, 5) is 15.3. The molecule has 0 aliphatic carbocycles. The Kier molecular flexibility index (Phi) is 5.65. The number of hydrogen-bond donors (Lipinski definition) is 2. The van der Waals surface area contributed by atoms with Gasteiger partial charge in [0.05, 0.1) is 6.61 Å². The highest BCUT2D eigenvalue weighted by Gasteiger charge is 2.24. The van der Waals surface area contributed by atoms with Crippen LogP contribution in [0.25, 0.3) is 10.9 Å². The fourth-order valence-corrected chi connectivity index (χ4v) is 4.50. The molecule has 1 aliphatic rings. The predicted octanol–water partition coefficient (Wildman–Crippen LogP) is 3.01. The van der Waals surface area contributed by atoms with E-state index < -0.39 is 20.7 Å². The number of fused-ring (bicyclic) bond motifs is 2. The number of rotatable bonds is 7. The first-order valence-corrected chi connectivity index (χ1v) is 11.0. The molecule has 0 atom stereocenters. The topological polar surface area (TPSA) is 97.4 Å². The number of carbonyl (C=O) groups excluding carboxylic acids is 1. The summed E-state index contributed by atoms with van der Waals surface area (Å²) < 4.78 is 47.5. The Hall–Kier alpha value is -3.04. The summed E-state index contributed by atoms with van der Waals surface area (Å²) in [5, 5.41) is 3.51. The van der Waals surface area contributed by atoms with E-state index >= 15 is 0 Å². The van der Waals surface area contributed by atoms with E-state index in [1.54, 1.807) is 12.3 Å². The number of ether oxygens (including phenoxy) is 1. The van der Waals surface area contributed by atoms with Crippen molar-refractivity contribution in [1.29, 1.82) is 0 Å². The average molecular weight is 429 g/mol. The monoisotopic (exact) mass is 429 g/mol. The van der Waals surface area contributed by atoms with E-state index in [2.05, 4.69) is 15.0 Å². The molecule has 0 unspecified atom stereocenters. The highest BCUT2D eigenvalue weighted by Crippen LogP contribution is 2.28. The van der Waals surface area contributed by atoms with Gasteiger partial charge in [-0.15, -0.1) is 0 Å². The SMILES string of the molecule is O=C1CCc2cc(S(=O)(=O)NCCCOc3cccc4cccnc34)c(F)cc2N1. The molecule has 30 heavy (non-hydrogen) atoms. The van der Waals surface area contributed by atoms with Crippen LogP contribution in [0.4, 0.5) is 10.1 Å². The standard InChI is InChI=1S/C21H20FN3O4S/c22-16-13-17-15(7-8-20(26)25-17)12-19(16)30(27,28)24-10-3-11-29-18-6-1-4-14-5-2-9-23-21(14)18/h1-2,4-6,9,12-13,24H,3,7-8,10-11H2,(H,25,26). The van der Waals surface area contributed by atoms with Gasteiger partial charge in [0, 0.05) is 30.2 Å². The first kappa shape index (κ1) is 20.2. The summed E-state index contributed by atoms with van der Waals surface area (Å²) in [5.41, 5.74) is 1.66. The molecule has 4 rings (SSSR count). The van der Waals surface area contributed by atoms with Crippen LogP contribution in [0.3, 0.4) is 0 Å². The van der Waals surface area contributed by atoms with Crippen LogP contribution in [0.15, 0.2) is 53.6 Å². The minimum atomic E-state index is -4.02. The molecule has 1 aromatic heterocycles. The highest BCUT2D eigenvalue weighted by molar-refractivity contribution is 7.89. The van der Waals surface area contributed by atoms with Gasteiger partial charge in [0.15, 0.2) is 0 Å². The molecule has 0 saturated heterocycles. The second-order valence-electron chi connectivity index (χ2n) is 6.92. The molecular formula is C21H20FN3O4S. The largest absolute Gasteiger partial charge is 0.491 e. The van der Waals surface area contributed by atoms with Gasteiger partial charge in [0.1, 0.15) is 22.0 Å². The van der Waals surface area contributed by atoms with Crippen LogP contribution in [0.5, 0.6) is 5.75 Å². The quantitative estimate of drug-likeness (QED) is 0.563. The molecule has 3 aromatic rings. The average Bonchev–Trinajstić information content (AvgIpc) is 2.73. The van der Waals surface area contributed by atoms with E-state index in [4.69, 9.17) is 4.74 Å². The van der Waals surface area contributed by atoms with Crippen LogP contribution in [-0.2, 0) is 21.2 Å². The zero-order valence-corrected chi connectivity index (χ0v) is 16.8. The van der Waals surface area contributed by atoms with E-state index in [1.165, 1.54) is 6.07 Å². The van der Waals surface area contributed by atoms with E-state index in [-0.39, 0.29) is 25.5 Å². The van der Waals surface area contributed by atoms with Crippen molar-refractivity contribution >= 4 is 32.5 Å². The summed E-state index contributed by atoms with van der Waals surface area (Å²) in [5.74, 6) is -0.489. The van der Waals surface area contributed by atoms with Gasteiger partial charge in [0.2, 0.25) is 15.9 Å². The Labute approximate surface area is 173 Å². The number of para-hydroxylation sites is 1. The van der Waals surface area contributed by atoms with E-state index in [1.807, 2.05) is 24.3 Å². The molecule has 0 bridgehead atoms. The molecule has 0 fully saturated rings. The fraction of sp³-hybridized carbons (Fsp3) is 0.238. The Balaban J connectivity index is 1.36. The molecule has 2 aromatic carbocycles. The molecule has 156 valence electrons. The maximum atomic E-state index is 14.3. The molecule has 7 nitrogen and oxygen atoms in total. The fourth-order valence-electron chi connectivity index (χ4n) is 3.32. The number of nitrogens with one attached hydrogen (secondary N) is 2. The molecular weight excluding hydrogens is 409 g/mol. The van der Waals surface area contributed by atoms with Crippen molar-refractivity contribution in [2.45, 2.75) is 24.2 Å². The highest BCUT2D eigenvalue weighted by atomic mass is 32.2. The van der Waals surface area contributed by atoms with Crippen LogP contribution in [0, 0.1) is 5.82 Å². The first-order chi connectivity index (χ1) is 14.4. The maximum absolute atomic E-state index is 14.3.